The van der Waals surface area contributed by atoms with Crippen molar-refractivity contribution in [1.29, 1.82) is 0 Å². The van der Waals surface area contributed by atoms with E-state index >= 15 is 0 Å². The van der Waals surface area contributed by atoms with Gasteiger partial charge in [0.2, 0.25) is 0 Å². The number of nitrogens with zero attached hydrogens (tertiary/aromatic N) is 1. The monoisotopic (exact) mass is 354 g/mol. The lowest BCUT2D eigenvalue weighted by Gasteiger charge is -2.10. The number of carbonyl (C=O) groups is 1. The van der Waals surface area contributed by atoms with E-state index in [0.29, 0.717) is 16.5 Å². The van der Waals surface area contributed by atoms with Crippen molar-refractivity contribution in [3.63, 3.8) is 0 Å². The lowest BCUT2D eigenvalue weighted by Crippen LogP contribution is -2.18. The van der Waals surface area contributed by atoms with Crippen molar-refractivity contribution in [2.75, 3.05) is 0 Å². The molecule has 0 aliphatic heterocycles. The van der Waals surface area contributed by atoms with Gasteiger partial charge in [-0.15, -0.1) is 0 Å². The average Bonchev–Trinajstić information content (AvgIpc) is 2.63. The number of carbonyl (C=O) groups excluding carboxylic acids is 1. The molecule has 0 radical (unpaired) electrons. The summed E-state index contributed by atoms with van der Waals surface area (Å²) in [6, 6.07) is 17.5. The molecule has 0 fully saturated rings. The molecule has 0 atom stereocenters. The average molecular weight is 354 g/mol. The summed E-state index contributed by atoms with van der Waals surface area (Å²) in [4.78, 5) is 12.2. The Kier molecular flexibility index (Phi) is 5.22. The Hall–Kier alpha value is -3.28. The number of aryl methyl sites for hydroxylation is 1. The van der Waals surface area contributed by atoms with Crippen LogP contribution in [0, 0.1) is 6.92 Å². The third-order valence-electron chi connectivity index (χ3n) is 3.90. The van der Waals surface area contributed by atoms with Crippen molar-refractivity contribution in [1.82, 2.24) is 5.43 Å². The van der Waals surface area contributed by atoms with Crippen LogP contribution in [-0.2, 0) is 0 Å². The minimum atomic E-state index is -2.95. The topological polar surface area (TPSA) is 50.7 Å². The van der Waals surface area contributed by atoms with Crippen LogP contribution in [0.5, 0.6) is 5.75 Å². The van der Waals surface area contributed by atoms with Gasteiger partial charge in [0, 0.05) is 11.1 Å². The number of halogens is 2. The van der Waals surface area contributed by atoms with Gasteiger partial charge in [0.15, 0.2) is 0 Å². The highest BCUT2D eigenvalue weighted by Crippen LogP contribution is 2.27. The van der Waals surface area contributed by atoms with E-state index in [0.717, 1.165) is 10.9 Å². The number of ether oxygens (including phenoxy) is 1. The molecule has 0 saturated heterocycles. The molecule has 3 rings (SSSR count). The Morgan fingerprint density at radius 1 is 1.08 bits per heavy atom. The molecule has 1 N–H and O–H groups in total. The zero-order valence-corrected chi connectivity index (χ0v) is 13.9. The quantitative estimate of drug-likeness (QED) is 0.541. The number of nitrogens with one attached hydrogen (secondary N) is 1. The number of amides is 1. The summed E-state index contributed by atoms with van der Waals surface area (Å²) in [5.41, 5.74) is 4.09. The molecule has 0 unspecified atom stereocenters. The highest BCUT2D eigenvalue weighted by Gasteiger charge is 2.12. The van der Waals surface area contributed by atoms with Crippen LogP contribution in [-0.4, -0.2) is 18.7 Å². The van der Waals surface area contributed by atoms with Gasteiger partial charge in [-0.1, -0.05) is 48.5 Å². The largest absolute Gasteiger partial charge is 0.434 e. The lowest BCUT2D eigenvalue weighted by atomic mass is 10.0. The minimum absolute atomic E-state index is 0.00686. The van der Waals surface area contributed by atoms with E-state index in [1.165, 1.54) is 12.3 Å². The first-order valence-electron chi connectivity index (χ1n) is 7.92. The van der Waals surface area contributed by atoms with E-state index in [1.807, 2.05) is 31.2 Å². The fourth-order valence-electron chi connectivity index (χ4n) is 2.65. The van der Waals surface area contributed by atoms with Gasteiger partial charge in [-0.25, -0.2) is 5.43 Å². The number of hydrogen-bond acceptors (Lipinski definition) is 3. The zero-order chi connectivity index (χ0) is 18.5. The number of alkyl halides is 2. The molecule has 1 amide bonds. The van der Waals surface area contributed by atoms with Gasteiger partial charge < -0.3 is 4.74 Å². The van der Waals surface area contributed by atoms with Gasteiger partial charge in [-0.2, -0.15) is 13.9 Å². The highest BCUT2D eigenvalue weighted by molar-refractivity contribution is 6.03. The molecule has 0 aliphatic carbocycles. The molecule has 0 aliphatic rings. The van der Waals surface area contributed by atoms with Crippen LogP contribution in [0.2, 0.25) is 0 Å². The highest BCUT2D eigenvalue weighted by atomic mass is 19.3. The molecule has 26 heavy (non-hydrogen) atoms. The van der Waals surface area contributed by atoms with Crippen LogP contribution in [0.1, 0.15) is 21.5 Å². The predicted octanol–water partition coefficient (Wildman–Crippen LogP) is 4.51. The van der Waals surface area contributed by atoms with E-state index in [4.69, 9.17) is 0 Å². The summed E-state index contributed by atoms with van der Waals surface area (Å²) in [5, 5.41) is 5.47. The Bertz CT molecular complexity index is 971. The van der Waals surface area contributed by atoms with Crippen molar-refractivity contribution in [2.45, 2.75) is 13.5 Å². The lowest BCUT2D eigenvalue weighted by molar-refractivity contribution is -0.0498. The second kappa shape index (κ2) is 7.74. The summed E-state index contributed by atoms with van der Waals surface area (Å²) in [6.07, 6.45) is 1.32. The Balaban J connectivity index is 1.90. The first-order valence-corrected chi connectivity index (χ1v) is 7.92. The second-order valence-corrected chi connectivity index (χ2v) is 5.59. The first-order chi connectivity index (χ1) is 12.6. The standard InChI is InChI=1S/C20H16F2N2O2/c1-13-6-2-4-8-15(13)19(25)24-23-12-17-16-9-5-3-7-14(16)10-11-18(17)26-20(21)22/h2-12,20H,1H3,(H,24,25)/b23-12-. The predicted molar refractivity (Wildman–Crippen MR) is 96.8 cm³/mol. The van der Waals surface area contributed by atoms with Crippen molar-refractivity contribution in [3.05, 3.63) is 77.4 Å². The summed E-state index contributed by atoms with van der Waals surface area (Å²) in [5.74, 6) is -0.386. The smallest absolute Gasteiger partial charge is 0.387 e. The SMILES string of the molecule is Cc1ccccc1C(=O)N/N=C\c1c(OC(F)F)ccc2ccccc12. The fraction of sp³-hybridized carbons (Fsp3) is 0.100. The molecule has 0 saturated carbocycles. The normalized spacial score (nSPS) is 11.2. The second-order valence-electron chi connectivity index (χ2n) is 5.59. The first kappa shape index (κ1) is 17.5. The molecule has 0 aromatic heterocycles. The van der Waals surface area contributed by atoms with Gasteiger partial charge in [0.1, 0.15) is 5.75 Å². The van der Waals surface area contributed by atoms with E-state index in [1.54, 1.807) is 30.3 Å². The van der Waals surface area contributed by atoms with Crippen molar-refractivity contribution >= 4 is 22.9 Å². The number of hydrazone groups is 1. The Morgan fingerprint density at radius 2 is 1.81 bits per heavy atom. The molecular weight excluding hydrogens is 338 g/mol. The Labute approximate surface area is 149 Å². The maximum atomic E-state index is 12.7. The van der Waals surface area contributed by atoms with E-state index in [9.17, 15) is 13.6 Å². The fourth-order valence-corrected chi connectivity index (χ4v) is 2.65. The number of fused-ring (bicyclic) bond motifs is 1. The maximum absolute atomic E-state index is 12.7. The number of benzene rings is 3. The van der Waals surface area contributed by atoms with Crippen LogP contribution in [0.25, 0.3) is 10.8 Å². The molecule has 4 nitrogen and oxygen atoms in total. The van der Waals surface area contributed by atoms with Crippen molar-refractivity contribution in [2.24, 2.45) is 5.10 Å². The number of hydrogen-bond donors (Lipinski definition) is 1. The van der Waals surface area contributed by atoms with Crippen LogP contribution in [0.4, 0.5) is 8.78 Å². The van der Waals surface area contributed by atoms with Crippen molar-refractivity contribution < 1.29 is 18.3 Å². The third-order valence-corrected chi connectivity index (χ3v) is 3.90. The van der Waals surface area contributed by atoms with Gasteiger partial charge in [0.25, 0.3) is 5.91 Å². The molecule has 132 valence electrons. The maximum Gasteiger partial charge on any atom is 0.387 e. The van der Waals surface area contributed by atoms with Crippen LogP contribution >= 0.6 is 0 Å². The molecular formula is C20H16F2N2O2. The van der Waals surface area contributed by atoms with Crippen LogP contribution in [0.3, 0.4) is 0 Å². The van der Waals surface area contributed by atoms with Crippen LogP contribution in [0.15, 0.2) is 65.8 Å². The van der Waals surface area contributed by atoms with Crippen molar-refractivity contribution in [3.8, 4) is 5.75 Å². The molecule has 0 heterocycles. The molecule has 3 aromatic rings. The summed E-state index contributed by atoms with van der Waals surface area (Å²) >= 11 is 0. The van der Waals surface area contributed by atoms with Crippen LogP contribution < -0.4 is 10.2 Å². The molecule has 6 heteroatoms. The summed E-state index contributed by atoms with van der Waals surface area (Å²) in [6.45, 7) is -1.14. The third kappa shape index (κ3) is 3.85. The molecule has 3 aromatic carbocycles. The van der Waals surface area contributed by atoms with Gasteiger partial charge in [-0.05, 0) is 35.4 Å². The number of rotatable bonds is 5. The van der Waals surface area contributed by atoms with E-state index in [-0.39, 0.29) is 11.7 Å². The van der Waals surface area contributed by atoms with Gasteiger partial charge in [0.05, 0.1) is 6.21 Å². The zero-order valence-electron chi connectivity index (χ0n) is 13.9. The van der Waals surface area contributed by atoms with E-state index < -0.39 is 6.61 Å². The summed E-state index contributed by atoms with van der Waals surface area (Å²) < 4.78 is 29.9. The minimum Gasteiger partial charge on any atom is -0.434 e. The Morgan fingerprint density at radius 3 is 2.58 bits per heavy atom. The van der Waals surface area contributed by atoms with Gasteiger partial charge in [-0.3, -0.25) is 4.79 Å². The van der Waals surface area contributed by atoms with Gasteiger partial charge >= 0.3 is 6.61 Å². The molecule has 0 bridgehead atoms. The summed E-state index contributed by atoms with van der Waals surface area (Å²) in [7, 11) is 0. The molecule has 0 spiro atoms. The van der Waals surface area contributed by atoms with E-state index in [2.05, 4.69) is 15.3 Å².